The molecule has 1 N–H and O–H groups in total. The Kier molecular flexibility index (Phi) is 4.95. The van der Waals surface area contributed by atoms with Crippen molar-refractivity contribution in [1.29, 1.82) is 0 Å². The van der Waals surface area contributed by atoms with Crippen LogP contribution in [0.15, 0.2) is 18.5 Å². The first-order valence-corrected chi connectivity index (χ1v) is 7.26. The van der Waals surface area contributed by atoms with Crippen molar-refractivity contribution in [2.75, 3.05) is 13.6 Å². The molecule has 0 unspecified atom stereocenters. The van der Waals surface area contributed by atoms with Gasteiger partial charge in [-0.3, -0.25) is 9.78 Å². The molecule has 0 spiro atoms. The number of likely N-dealkylation sites (N-methyl/N-ethyl adjacent to an activating group) is 1. The first-order chi connectivity index (χ1) is 9.58. The van der Waals surface area contributed by atoms with Crippen LogP contribution in [0.5, 0.6) is 0 Å². The van der Waals surface area contributed by atoms with Crippen LogP contribution >= 0.6 is 0 Å². The predicted molar refractivity (Wildman–Crippen MR) is 80.7 cm³/mol. The Bertz CT molecular complexity index is 495. The average molecular weight is 275 g/mol. The molecule has 2 aromatic rings. The van der Waals surface area contributed by atoms with Crippen molar-refractivity contribution in [2.45, 2.75) is 46.2 Å². The number of nitrogens with one attached hydrogen (secondary N) is 1. The maximum Gasteiger partial charge on any atom is 0.0625 e. The molecular weight excluding hydrogens is 250 g/mol. The Balaban J connectivity index is 1.76. The van der Waals surface area contributed by atoms with Crippen molar-refractivity contribution in [3.05, 3.63) is 35.4 Å². The molecule has 0 aliphatic carbocycles. The van der Waals surface area contributed by atoms with E-state index in [1.54, 1.807) is 0 Å². The summed E-state index contributed by atoms with van der Waals surface area (Å²) in [5.74, 6) is 0. The highest BCUT2D eigenvalue weighted by Gasteiger charge is 2.11. The summed E-state index contributed by atoms with van der Waals surface area (Å²) in [6, 6.07) is 2.46. The van der Waals surface area contributed by atoms with Crippen molar-refractivity contribution in [1.82, 2.24) is 24.9 Å². The molecule has 0 radical (unpaired) electrons. The SMILES string of the molecule is Cc1n[nH]c(C)c1CCCN(C)[C@@H](C)Cn1cccn1. The molecule has 110 valence electrons. The summed E-state index contributed by atoms with van der Waals surface area (Å²) in [4.78, 5) is 2.40. The summed E-state index contributed by atoms with van der Waals surface area (Å²) in [6.45, 7) is 8.44. The first kappa shape index (κ1) is 14.8. The minimum atomic E-state index is 0.487. The Labute approximate surface area is 121 Å². The molecule has 20 heavy (non-hydrogen) atoms. The number of rotatable bonds is 7. The number of aromatic amines is 1. The van der Waals surface area contributed by atoms with Crippen LogP contribution in [-0.2, 0) is 13.0 Å². The van der Waals surface area contributed by atoms with E-state index in [1.165, 1.54) is 11.3 Å². The van der Waals surface area contributed by atoms with Gasteiger partial charge in [0.1, 0.15) is 0 Å². The van der Waals surface area contributed by atoms with Crippen molar-refractivity contribution in [3.63, 3.8) is 0 Å². The van der Waals surface area contributed by atoms with Crippen molar-refractivity contribution in [2.24, 2.45) is 0 Å². The molecule has 0 fully saturated rings. The smallest absolute Gasteiger partial charge is 0.0625 e. The lowest BCUT2D eigenvalue weighted by molar-refractivity contribution is 0.227. The fourth-order valence-electron chi connectivity index (χ4n) is 2.49. The maximum absolute atomic E-state index is 4.26. The van der Waals surface area contributed by atoms with Crippen LogP contribution in [-0.4, -0.2) is 44.5 Å². The molecule has 5 nitrogen and oxygen atoms in total. The van der Waals surface area contributed by atoms with Crippen molar-refractivity contribution >= 4 is 0 Å². The van der Waals surface area contributed by atoms with Gasteiger partial charge in [-0.05, 0) is 58.8 Å². The summed E-state index contributed by atoms with van der Waals surface area (Å²) in [5.41, 5.74) is 3.71. The number of aromatic nitrogens is 4. The lowest BCUT2D eigenvalue weighted by Crippen LogP contribution is -2.33. The molecule has 0 aliphatic rings. The van der Waals surface area contributed by atoms with E-state index in [4.69, 9.17) is 0 Å². The van der Waals surface area contributed by atoms with E-state index < -0.39 is 0 Å². The Morgan fingerprint density at radius 2 is 2.20 bits per heavy atom. The van der Waals surface area contributed by atoms with Gasteiger partial charge in [0.25, 0.3) is 0 Å². The van der Waals surface area contributed by atoms with Gasteiger partial charge < -0.3 is 4.90 Å². The summed E-state index contributed by atoms with van der Waals surface area (Å²) in [6.07, 6.45) is 6.09. The van der Waals surface area contributed by atoms with Crippen LogP contribution in [0, 0.1) is 13.8 Å². The van der Waals surface area contributed by atoms with Crippen LogP contribution in [0.4, 0.5) is 0 Å². The maximum atomic E-state index is 4.26. The minimum Gasteiger partial charge on any atom is -0.302 e. The molecular formula is C15H25N5. The van der Waals surface area contributed by atoms with E-state index in [-0.39, 0.29) is 0 Å². The van der Waals surface area contributed by atoms with Gasteiger partial charge in [-0.1, -0.05) is 0 Å². The van der Waals surface area contributed by atoms with Crippen molar-refractivity contribution < 1.29 is 0 Å². The second-order valence-electron chi connectivity index (χ2n) is 5.57. The van der Waals surface area contributed by atoms with Gasteiger partial charge >= 0.3 is 0 Å². The van der Waals surface area contributed by atoms with Gasteiger partial charge in [-0.2, -0.15) is 10.2 Å². The normalized spacial score (nSPS) is 13.1. The van der Waals surface area contributed by atoms with E-state index in [1.807, 2.05) is 23.1 Å². The Hall–Kier alpha value is -1.62. The molecule has 0 amide bonds. The second kappa shape index (κ2) is 6.70. The lowest BCUT2D eigenvalue weighted by atomic mass is 10.1. The fraction of sp³-hybridized carbons (Fsp3) is 0.600. The molecule has 0 bridgehead atoms. The second-order valence-corrected chi connectivity index (χ2v) is 5.57. The largest absolute Gasteiger partial charge is 0.302 e. The van der Waals surface area contributed by atoms with Gasteiger partial charge in [0, 0.05) is 24.1 Å². The molecule has 2 aromatic heterocycles. The molecule has 1 atom stereocenters. The van der Waals surface area contributed by atoms with E-state index >= 15 is 0 Å². The zero-order chi connectivity index (χ0) is 14.5. The van der Waals surface area contributed by atoms with Gasteiger partial charge in [0.05, 0.1) is 12.2 Å². The lowest BCUT2D eigenvalue weighted by Gasteiger charge is -2.24. The number of aryl methyl sites for hydroxylation is 2. The summed E-state index contributed by atoms with van der Waals surface area (Å²) in [7, 11) is 2.18. The molecule has 2 rings (SSSR count). The van der Waals surface area contributed by atoms with E-state index in [0.29, 0.717) is 6.04 Å². The molecule has 0 saturated heterocycles. The Morgan fingerprint density at radius 1 is 1.40 bits per heavy atom. The van der Waals surface area contributed by atoms with Crippen molar-refractivity contribution in [3.8, 4) is 0 Å². The molecule has 0 aliphatic heterocycles. The first-order valence-electron chi connectivity index (χ1n) is 7.26. The molecule has 2 heterocycles. The highest BCUT2D eigenvalue weighted by molar-refractivity contribution is 5.23. The monoisotopic (exact) mass is 275 g/mol. The quantitative estimate of drug-likeness (QED) is 0.842. The summed E-state index contributed by atoms with van der Waals surface area (Å²) in [5, 5.41) is 11.6. The van der Waals surface area contributed by atoms with E-state index in [9.17, 15) is 0 Å². The van der Waals surface area contributed by atoms with Crippen LogP contribution in [0.2, 0.25) is 0 Å². The number of nitrogens with zero attached hydrogens (tertiary/aromatic N) is 4. The number of hydrogen-bond acceptors (Lipinski definition) is 3. The third kappa shape index (κ3) is 3.70. The van der Waals surface area contributed by atoms with Crippen LogP contribution < -0.4 is 0 Å². The van der Waals surface area contributed by atoms with Crippen LogP contribution in [0.1, 0.15) is 30.3 Å². The third-order valence-electron chi connectivity index (χ3n) is 3.98. The van der Waals surface area contributed by atoms with Crippen LogP contribution in [0.25, 0.3) is 0 Å². The Morgan fingerprint density at radius 3 is 2.80 bits per heavy atom. The van der Waals surface area contributed by atoms with E-state index in [0.717, 1.165) is 31.6 Å². The minimum absolute atomic E-state index is 0.487. The molecule has 0 saturated carbocycles. The molecule has 0 aromatic carbocycles. The highest BCUT2D eigenvalue weighted by atomic mass is 15.3. The van der Waals surface area contributed by atoms with E-state index in [2.05, 4.69) is 48.0 Å². The fourth-order valence-corrected chi connectivity index (χ4v) is 2.49. The van der Waals surface area contributed by atoms with Gasteiger partial charge in [0.2, 0.25) is 0 Å². The summed E-state index contributed by atoms with van der Waals surface area (Å²) >= 11 is 0. The number of H-pyrrole nitrogens is 1. The number of hydrogen-bond donors (Lipinski definition) is 1. The highest BCUT2D eigenvalue weighted by Crippen LogP contribution is 2.12. The zero-order valence-electron chi connectivity index (χ0n) is 12.9. The third-order valence-corrected chi connectivity index (χ3v) is 3.98. The van der Waals surface area contributed by atoms with Gasteiger partial charge in [-0.15, -0.1) is 0 Å². The van der Waals surface area contributed by atoms with Gasteiger partial charge in [0.15, 0.2) is 0 Å². The van der Waals surface area contributed by atoms with Crippen LogP contribution in [0.3, 0.4) is 0 Å². The van der Waals surface area contributed by atoms with Gasteiger partial charge in [-0.25, -0.2) is 0 Å². The predicted octanol–water partition coefficient (Wildman–Crippen LogP) is 2.18. The topological polar surface area (TPSA) is 49.7 Å². The zero-order valence-corrected chi connectivity index (χ0v) is 12.9. The standard InChI is InChI=1S/C15H25N5/c1-12(11-20-10-6-8-16-20)19(4)9-5-7-15-13(2)17-18-14(15)3/h6,8,10,12H,5,7,9,11H2,1-4H3,(H,17,18)/t12-/m0/s1. The molecule has 5 heteroatoms. The average Bonchev–Trinajstić information content (AvgIpc) is 3.02. The summed E-state index contributed by atoms with van der Waals surface area (Å²) < 4.78 is 1.99.